The Bertz CT molecular complexity index is 822. The van der Waals surface area contributed by atoms with Gasteiger partial charge in [-0.05, 0) is 29.7 Å². The van der Waals surface area contributed by atoms with Crippen LogP contribution in [-0.4, -0.2) is 4.98 Å². The molecule has 3 aromatic rings. The minimum atomic E-state index is -0.427. The van der Waals surface area contributed by atoms with Gasteiger partial charge in [-0.2, -0.15) is 5.26 Å². The van der Waals surface area contributed by atoms with E-state index in [0.29, 0.717) is 0 Å². The van der Waals surface area contributed by atoms with Crippen LogP contribution in [0.5, 0.6) is 0 Å². The molecule has 0 amide bonds. The highest BCUT2D eigenvalue weighted by atomic mass is 15.0. The van der Waals surface area contributed by atoms with Gasteiger partial charge in [-0.1, -0.05) is 60.7 Å². The van der Waals surface area contributed by atoms with E-state index < -0.39 is 6.04 Å². The average molecular weight is 313 g/mol. The minimum absolute atomic E-state index is 0.0581. The summed E-state index contributed by atoms with van der Waals surface area (Å²) in [5.41, 5.74) is 4.38. The molecule has 118 valence electrons. The van der Waals surface area contributed by atoms with E-state index in [1.807, 2.05) is 42.5 Å². The summed E-state index contributed by atoms with van der Waals surface area (Å²) in [4.78, 5) is 4.13. The van der Waals surface area contributed by atoms with Crippen LogP contribution in [-0.2, 0) is 0 Å². The Hall–Kier alpha value is -2.96. The maximum atomic E-state index is 9.65. The highest BCUT2D eigenvalue weighted by Gasteiger charge is 2.21. The predicted molar refractivity (Wildman–Crippen MR) is 95.2 cm³/mol. The van der Waals surface area contributed by atoms with Crippen molar-refractivity contribution in [3.05, 3.63) is 101 Å². The van der Waals surface area contributed by atoms with E-state index in [1.165, 1.54) is 11.1 Å². The van der Waals surface area contributed by atoms with Crippen molar-refractivity contribution in [2.75, 3.05) is 0 Å². The maximum absolute atomic E-state index is 9.65. The van der Waals surface area contributed by atoms with Gasteiger partial charge in [0.15, 0.2) is 0 Å². The number of aromatic nitrogens is 1. The molecule has 0 fully saturated rings. The molecule has 0 aliphatic carbocycles. The third kappa shape index (κ3) is 3.51. The predicted octanol–water partition coefficient (Wildman–Crippen LogP) is 4.33. The highest BCUT2D eigenvalue weighted by molar-refractivity contribution is 5.37. The Morgan fingerprint density at radius 1 is 0.917 bits per heavy atom. The van der Waals surface area contributed by atoms with Gasteiger partial charge >= 0.3 is 0 Å². The lowest BCUT2D eigenvalue weighted by atomic mass is 9.93. The fourth-order valence-electron chi connectivity index (χ4n) is 2.84. The molecule has 0 bridgehead atoms. The lowest BCUT2D eigenvalue weighted by molar-refractivity contribution is 0.556. The molecule has 0 saturated heterocycles. The molecule has 0 saturated carbocycles. The SMILES string of the molecule is Cc1ccccc1C(N[C@H](C#N)c1cccnc1)c1ccccc1. The first-order valence-electron chi connectivity index (χ1n) is 7.95. The highest BCUT2D eigenvalue weighted by Crippen LogP contribution is 2.27. The van der Waals surface area contributed by atoms with Crippen molar-refractivity contribution >= 4 is 0 Å². The van der Waals surface area contributed by atoms with Crippen LogP contribution in [0.3, 0.4) is 0 Å². The second-order valence-corrected chi connectivity index (χ2v) is 5.72. The fourth-order valence-corrected chi connectivity index (χ4v) is 2.84. The summed E-state index contributed by atoms with van der Waals surface area (Å²) in [6.07, 6.45) is 3.45. The van der Waals surface area contributed by atoms with Crippen LogP contribution in [0.4, 0.5) is 0 Å². The number of nitrogens with zero attached hydrogens (tertiary/aromatic N) is 2. The van der Waals surface area contributed by atoms with Gasteiger partial charge in [-0.25, -0.2) is 0 Å². The molecule has 3 heteroatoms. The second-order valence-electron chi connectivity index (χ2n) is 5.72. The topological polar surface area (TPSA) is 48.7 Å². The van der Waals surface area contributed by atoms with E-state index in [9.17, 15) is 5.26 Å². The minimum Gasteiger partial charge on any atom is -0.287 e. The van der Waals surface area contributed by atoms with Crippen LogP contribution in [0.25, 0.3) is 0 Å². The summed E-state index contributed by atoms with van der Waals surface area (Å²) >= 11 is 0. The summed E-state index contributed by atoms with van der Waals surface area (Å²) in [6, 6.07) is 24.1. The van der Waals surface area contributed by atoms with Crippen LogP contribution in [0, 0.1) is 18.3 Å². The summed E-state index contributed by atoms with van der Waals surface area (Å²) in [7, 11) is 0. The first-order valence-corrected chi connectivity index (χ1v) is 7.95. The van der Waals surface area contributed by atoms with Crippen LogP contribution in [0.2, 0.25) is 0 Å². The lowest BCUT2D eigenvalue weighted by Crippen LogP contribution is -2.27. The number of nitrogens with one attached hydrogen (secondary N) is 1. The number of hydrogen-bond acceptors (Lipinski definition) is 3. The molecule has 2 aromatic carbocycles. The van der Waals surface area contributed by atoms with Gasteiger partial charge in [0, 0.05) is 18.0 Å². The van der Waals surface area contributed by atoms with Gasteiger partial charge in [0.05, 0.1) is 12.1 Å². The third-order valence-electron chi connectivity index (χ3n) is 4.11. The van der Waals surface area contributed by atoms with Crippen molar-refractivity contribution in [3.8, 4) is 6.07 Å². The summed E-state index contributed by atoms with van der Waals surface area (Å²) < 4.78 is 0. The molecule has 3 rings (SSSR count). The number of aryl methyl sites for hydroxylation is 1. The molecular formula is C21H19N3. The Kier molecular flexibility index (Phi) is 5.00. The van der Waals surface area contributed by atoms with Crippen molar-refractivity contribution in [2.24, 2.45) is 0 Å². The molecular weight excluding hydrogens is 294 g/mol. The van der Waals surface area contributed by atoms with Crippen molar-refractivity contribution < 1.29 is 0 Å². The Morgan fingerprint density at radius 2 is 1.62 bits per heavy atom. The first-order chi connectivity index (χ1) is 11.8. The molecule has 0 spiro atoms. The molecule has 2 atom stereocenters. The number of nitriles is 1. The summed E-state index contributed by atoms with van der Waals surface area (Å²) in [5.74, 6) is 0. The van der Waals surface area contributed by atoms with Crippen LogP contribution >= 0.6 is 0 Å². The normalized spacial score (nSPS) is 13.0. The number of pyridine rings is 1. The van der Waals surface area contributed by atoms with Crippen molar-refractivity contribution in [1.29, 1.82) is 5.26 Å². The zero-order valence-electron chi connectivity index (χ0n) is 13.6. The molecule has 1 aromatic heterocycles. The van der Waals surface area contributed by atoms with E-state index in [2.05, 4.69) is 47.6 Å². The zero-order valence-corrected chi connectivity index (χ0v) is 13.6. The van der Waals surface area contributed by atoms with Gasteiger partial charge in [0.1, 0.15) is 6.04 Å². The van der Waals surface area contributed by atoms with Crippen LogP contribution in [0.15, 0.2) is 79.1 Å². The maximum Gasteiger partial charge on any atom is 0.123 e. The number of benzene rings is 2. The van der Waals surface area contributed by atoms with Gasteiger partial charge in [-0.3, -0.25) is 10.3 Å². The smallest absolute Gasteiger partial charge is 0.123 e. The monoisotopic (exact) mass is 313 g/mol. The Balaban J connectivity index is 2.00. The molecule has 1 unspecified atom stereocenters. The molecule has 3 nitrogen and oxygen atoms in total. The molecule has 0 aliphatic heterocycles. The summed E-state index contributed by atoms with van der Waals surface area (Å²) in [5, 5.41) is 13.1. The summed E-state index contributed by atoms with van der Waals surface area (Å²) in [6.45, 7) is 2.10. The van der Waals surface area contributed by atoms with Gasteiger partial charge in [0.25, 0.3) is 0 Å². The second kappa shape index (κ2) is 7.54. The van der Waals surface area contributed by atoms with E-state index in [1.54, 1.807) is 12.4 Å². The fraction of sp³-hybridized carbons (Fsp3) is 0.143. The van der Waals surface area contributed by atoms with E-state index >= 15 is 0 Å². The molecule has 24 heavy (non-hydrogen) atoms. The van der Waals surface area contributed by atoms with Crippen molar-refractivity contribution in [1.82, 2.24) is 10.3 Å². The van der Waals surface area contributed by atoms with Gasteiger partial charge in [-0.15, -0.1) is 0 Å². The molecule has 1 heterocycles. The van der Waals surface area contributed by atoms with E-state index in [0.717, 1.165) is 11.1 Å². The Labute approximate surface area is 142 Å². The van der Waals surface area contributed by atoms with Crippen molar-refractivity contribution in [3.63, 3.8) is 0 Å². The number of rotatable bonds is 5. The average Bonchev–Trinajstić information content (AvgIpc) is 2.65. The standard InChI is InChI=1S/C21H19N3/c1-16-8-5-6-12-19(16)21(17-9-3-2-4-10-17)24-20(14-22)18-11-7-13-23-15-18/h2-13,15,20-21,24H,1H3/t20-,21?/m1/s1. The van der Waals surface area contributed by atoms with E-state index in [4.69, 9.17) is 0 Å². The quantitative estimate of drug-likeness (QED) is 0.762. The third-order valence-corrected chi connectivity index (χ3v) is 4.11. The van der Waals surface area contributed by atoms with Gasteiger partial charge in [0.2, 0.25) is 0 Å². The first kappa shape index (κ1) is 15.9. The molecule has 0 radical (unpaired) electrons. The largest absolute Gasteiger partial charge is 0.287 e. The number of hydrogen-bond donors (Lipinski definition) is 1. The van der Waals surface area contributed by atoms with Crippen molar-refractivity contribution in [2.45, 2.75) is 19.0 Å². The van der Waals surface area contributed by atoms with Crippen LogP contribution in [0.1, 0.15) is 34.3 Å². The lowest BCUT2D eigenvalue weighted by Gasteiger charge is -2.24. The molecule has 0 aliphatic rings. The van der Waals surface area contributed by atoms with Crippen LogP contribution < -0.4 is 5.32 Å². The van der Waals surface area contributed by atoms with Gasteiger partial charge < -0.3 is 0 Å². The Morgan fingerprint density at radius 3 is 2.29 bits per heavy atom. The molecule has 1 N–H and O–H groups in total. The zero-order chi connectivity index (χ0) is 16.8. The van der Waals surface area contributed by atoms with E-state index in [-0.39, 0.29) is 6.04 Å².